The second-order valence-electron chi connectivity index (χ2n) is 14.7. The van der Waals surface area contributed by atoms with Crippen molar-refractivity contribution in [1.29, 1.82) is 0 Å². The summed E-state index contributed by atoms with van der Waals surface area (Å²) >= 11 is 0. The molecule has 0 unspecified atom stereocenters. The van der Waals surface area contributed by atoms with Gasteiger partial charge < -0.3 is 0 Å². The Morgan fingerprint density at radius 3 is 0.860 bits per heavy atom. The minimum atomic E-state index is -0.666. The standard InChI is InChI=1S/C48H40P2/c1-47(2)43-29-37(49(33-17-9-5-10-18-33)34-19-11-6-12-20-34)25-27-39(43)41-32-46-42(31-45(41)47)40-28-26-38(30-44(40)48(46,3)4)50(35-21-13-7-14-22-35)36-23-15-8-16-24-36/h5-32H,1-4H3. The second kappa shape index (κ2) is 12.0. The van der Waals surface area contributed by atoms with E-state index < -0.39 is 15.8 Å². The van der Waals surface area contributed by atoms with Crippen LogP contribution in [0.15, 0.2) is 170 Å². The van der Waals surface area contributed by atoms with Gasteiger partial charge in [-0.25, -0.2) is 0 Å². The molecule has 0 atom stereocenters. The van der Waals surface area contributed by atoms with Gasteiger partial charge in [0.25, 0.3) is 0 Å². The highest BCUT2D eigenvalue weighted by Gasteiger charge is 2.42. The molecular formula is C48H40P2. The topological polar surface area (TPSA) is 0 Å². The molecule has 2 heteroatoms. The van der Waals surface area contributed by atoms with Gasteiger partial charge in [0.05, 0.1) is 0 Å². The Morgan fingerprint density at radius 1 is 0.280 bits per heavy atom. The van der Waals surface area contributed by atoms with Gasteiger partial charge in [-0.05, 0) is 116 Å². The summed E-state index contributed by atoms with van der Waals surface area (Å²) in [7, 11) is -1.33. The van der Waals surface area contributed by atoms with Crippen LogP contribution in [0.5, 0.6) is 0 Å². The molecule has 0 N–H and O–H groups in total. The third kappa shape index (κ3) is 4.96. The lowest BCUT2D eigenvalue weighted by Crippen LogP contribution is -2.23. The SMILES string of the molecule is CC1(C)c2cc(P(c3ccccc3)c3ccccc3)ccc2-c2cc3c(cc21)-c1ccc(P(c2ccccc2)c2ccccc2)cc1C3(C)C. The van der Waals surface area contributed by atoms with E-state index in [0.717, 1.165) is 0 Å². The number of benzene rings is 7. The van der Waals surface area contributed by atoms with Crippen LogP contribution >= 0.6 is 15.8 Å². The molecule has 2 aliphatic rings. The Hall–Kier alpha value is -4.60. The van der Waals surface area contributed by atoms with Crippen molar-refractivity contribution in [2.45, 2.75) is 38.5 Å². The highest BCUT2D eigenvalue weighted by atomic mass is 31.1. The molecule has 0 radical (unpaired) electrons. The third-order valence-electron chi connectivity index (χ3n) is 11.0. The minimum absolute atomic E-state index is 0.105. The van der Waals surface area contributed by atoms with Gasteiger partial charge in [-0.15, -0.1) is 0 Å². The van der Waals surface area contributed by atoms with E-state index in [2.05, 4.69) is 198 Å². The smallest absolute Gasteiger partial charge is 0.0159 e. The van der Waals surface area contributed by atoms with Crippen molar-refractivity contribution in [1.82, 2.24) is 0 Å². The fourth-order valence-corrected chi connectivity index (χ4v) is 13.1. The van der Waals surface area contributed by atoms with Gasteiger partial charge in [0.1, 0.15) is 0 Å². The molecule has 0 fully saturated rings. The van der Waals surface area contributed by atoms with Crippen molar-refractivity contribution in [3.8, 4) is 22.3 Å². The maximum Gasteiger partial charge on any atom is 0.0159 e. The molecule has 9 rings (SSSR count). The third-order valence-corrected chi connectivity index (χ3v) is 15.9. The van der Waals surface area contributed by atoms with Crippen LogP contribution in [0.3, 0.4) is 0 Å². The second-order valence-corrected chi connectivity index (χ2v) is 19.1. The van der Waals surface area contributed by atoms with Gasteiger partial charge in [-0.3, -0.25) is 0 Å². The molecule has 0 nitrogen and oxygen atoms in total. The van der Waals surface area contributed by atoms with Gasteiger partial charge >= 0.3 is 0 Å². The van der Waals surface area contributed by atoms with Crippen LogP contribution in [0.25, 0.3) is 22.3 Å². The molecule has 50 heavy (non-hydrogen) atoms. The average molecular weight is 679 g/mol. The van der Waals surface area contributed by atoms with E-state index in [0.29, 0.717) is 0 Å². The largest absolute Gasteiger partial charge is 0.0622 e. The number of rotatable bonds is 6. The Morgan fingerprint density at radius 2 is 0.560 bits per heavy atom. The summed E-state index contributed by atoms with van der Waals surface area (Å²) in [5.41, 5.74) is 11.1. The molecule has 242 valence electrons. The van der Waals surface area contributed by atoms with Gasteiger partial charge in [0, 0.05) is 10.8 Å². The predicted octanol–water partition coefficient (Wildman–Crippen LogP) is 9.82. The van der Waals surface area contributed by atoms with Crippen molar-refractivity contribution in [3.63, 3.8) is 0 Å². The van der Waals surface area contributed by atoms with Crippen molar-refractivity contribution >= 4 is 47.7 Å². The zero-order chi connectivity index (χ0) is 34.0. The molecule has 0 heterocycles. The van der Waals surface area contributed by atoms with E-state index in [1.165, 1.54) is 76.3 Å². The summed E-state index contributed by atoms with van der Waals surface area (Å²) in [5.74, 6) is 0. The molecule has 0 bridgehead atoms. The van der Waals surface area contributed by atoms with Gasteiger partial charge in [0.15, 0.2) is 0 Å². The van der Waals surface area contributed by atoms with E-state index >= 15 is 0 Å². The lowest BCUT2D eigenvalue weighted by molar-refractivity contribution is 0.652. The summed E-state index contributed by atoms with van der Waals surface area (Å²) in [6, 6.07) is 64.1. The first-order valence-corrected chi connectivity index (χ1v) is 20.3. The lowest BCUT2D eigenvalue weighted by atomic mass is 9.79. The molecule has 0 spiro atoms. The predicted molar refractivity (Wildman–Crippen MR) is 219 cm³/mol. The van der Waals surface area contributed by atoms with E-state index in [9.17, 15) is 0 Å². The van der Waals surface area contributed by atoms with Crippen LogP contribution in [0.4, 0.5) is 0 Å². The number of hydrogen-bond acceptors (Lipinski definition) is 0. The van der Waals surface area contributed by atoms with E-state index in [1.54, 1.807) is 0 Å². The van der Waals surface area contributed by atoms with Crippen molar-refractivity contribution in [2.75, 3.05) is 0 Å². The van der Waals surface area contributed by atoms with E-state index in [4.69, 9.17) is 0 Å². The Balaban J connectivity index is 1.15. The Kier molecular flexibility index (Phi) is 7.55. The van der Waals surface area contributed by atoms with Crippen molar-refractivity contribution in [3.05, 3.63) is 192 Å². The molecular weight excluding hydrogens is 638 g/mol. The van der Waals surface area contributed by atoms with Crippen LogP contribution in [0.2, 0.25) is 0 Å². The quantitative estimate of drug-likeness (QED) is 0.154. The zero-order valence-corrected chi connectivity index (χ0v) is 30.8. The van der Waals surface area contributed by atoms with E-state index in [-0.39, 0.29) is 10.8 Å². The molecule has 7 aromatic carbocycles. The maximum atomic E-state index is 2.55. The van der Waals surface area contributed by atoms with Crippen LogP contribution in [0.1, 0.15) is 49.9 Å². The highest BCUT2D eigenvalue weighted by Crippen LogP contribution is 2.56. The van der Waals surface area contributed by atoms with Crippen LogP contribution < -0.4 is 31.8 Å². The average Bonchev–Trinajstić information content (AvgIpc) is 3.51. The van der Waals surface area contributed by atoms with Crippen molar-refractivity contribution < 1.29 is 0 Å². The molecule has 0 amide bonds. The zero-order valence-electron chi connectivity index (χ0n) is 29.1. The summed E-state index contributed by atoms with van der Waals surface area (Å²) in [6.45, 7) is 9.71. The normalized spacial score (nSPS) is 14.7. The fourth-order valence-electron chi connectivity index (χ4n) is 8.42. The van der Waals surface area contributed by atoms with Gasteiger partial charge in [-0.1, -0.05) is 173 Å². The first kappa shape index (κ1) is 31.4. The van der Waals surface area contributed by atoms with Crippen LogP contribution in [-0.4, -0.2) is 0 Å². The van der Waals surface area contributed by atoms with Gasteiger partial charge in [-0.2, -0.15) is 0 Å². The minimum Gasteiger partial charge on any atom is -0.0622 e. The van der Waals surface area contributed by atoms with Crippen molar-refractivity contribution in [2.24, 2.45) is 0 Å². The fraction of sp³-hybridized carbons (Fsp3) is 0.125. The maximum absolute atomic E-state index is 2.55. The highest BCUT2D eigenvalue weighted by molar-refractivity contribution is 7.80. The van der Waals surface area contributed by atoms with Crippen LogP contribution in [0, 0.1) is 0 Å². The summed E-state index contributed by atoms with van der Waals surface area (Å²) in [5, 5.41) is 8.39. The summed E-state index contributed by atoms with van der Waals surface area (Å²) in [6.07, 6.45) is 0. The molecule has 0 saturated carbocycles. The first-order valence-electron chi connectivity index (χ1n) is 17.6. The monoisotopic (exact) mass is 678 g/mol. The summed E-state index contributed by atoms with van der Waals surface area (Å²) < 4.78 is 0. The van der Waals surface area contributed by atoms with Gasteiger partial charge in [0.2, 0.25) is 0 Å². The molecule has 0 aromatic heterocycles. The molecule has 7 aromatic rings. The number of fused-ring (bicyclic) bond motifs is 6. The molecule has 0 aliphatic heterocycles. The van der Waals surface area contributed by atoms with Crippen LogP contribution in [-0.2, 0) is 10.8 Å². The Labute approximate surface area is 299 Å². The molecule has 2 aliphatic carbocycles. The lowest BCUT2D eigenvalue weighted by Gasteiger charge is -2.25. The number of hydrogen-bond donors (Lipinski definition) is 0. The summed E-state index contributed by atoms with van der Waals surface area (Å²) in [4.78, 5) is 0. The Bertz CT molecular complexity index is 2110. The van der Waals surface area contributed by atoms with E-state index in [1.807, 2.05) is 0 Å². The first-order chi connectivity index (χ1) is 24.3. The molecule has 0 saturated heterocycles.